The predicted octanol–water partition coefficient (Wildman–Crippen LogP) is 5.37. The van der Waals surface area contributed by atoms with Crippen LogP contribution in [0.4, 0.5) is 5.69 Å². The maximum atomic E-state index is 12.4. The van der Waals surface area contributed by atoms with Crippen molar-refractivity contribution < 1.29 is 19.1 Å². The lowest BCUT2D eigenvalue weighted by molar-refractivity contribution is -0.136. The molecule has 3 aromatic rings. The van der Waals surface area contributed by atoms with Crippen molar-refractivity contribution in [1.29, 1.82) is 0 Å². The Balaban J connectivity index is 1.66. The third-order valence-electron chi connectivity index (χ3n) is 4.22. The number of hydrazone groups is 1. The summed E-state index contributed by atoms with van der Waals surface area (Å²) in [6.07, 6.45) is 1.26. The molecule has 0 aliphatic carbocycles. The third-order valence-corrected chi connectivity index (χ3v) is 5.45. The first-order valence-electron chi connectivity index (χ1n) is 9.41. The molecule has 168 valence electrons. The average Bonchev–Trinajstić information content (AvgIpc) is 2.78. The minimum absolute atomic E-state index is 0.224. The number of esters is 1. The SMILES string of the molecule is Cc1ccc(C(=O)Oc2ccc(Br)cc2/C=N/NC(=O)C(=O)Nc2ccc(Cl)c(Cl)c2)cc1. The van der Waals surface area contributed by atoms with Gasteiger partial charge in [-0.15, -0.1) is 0 Å². The number of carbonyl (C=O) groups excluding carboxylic acids is 3. The van der Waals surface area contributed by atoms with Crippen molar-refractivity contribution in [2.75, 3.05) is 5.32 Å². The van der Waals surface area contributed by atoms with E-state index in [0.29, 0.717) is 26.3 Å². The highest BCUT2D eigenvalue weighted by atomic mass is 79.9. The number of ether oxygens (including phenoxy) is 1. The average molecular weight is 549 g/mol. The quantitative estimate of drug-likeness (QED) is 0.147. The molecule has 0 bridgehead atoms. The van der Waals surface area contributed by atoms with Crippen molar-refractivity contribution in [3.63, 3.8) is 0 Å². The van der Waals surface area contributed by atoms with Gasteiger partial charge in [-0.3, -0.25) is 9.59 Å². The van der Waals surface area contributed by atoms with Crippen LogP contribution in [-0.2, 0) is 9.59 Å². The van der Waals surface area contributed by atoms with Crippen LogP contribution < -0.4 is 15.5 Å². The fraction of sp³-hybridized carbons (Fsp3) is 0.0435. The standard InChI is InChI=1S/C23H16BrCl2N3O4/c1-13-2-4-14(5-3-13)23(32)33-20-9-6-16(24)10-15(20)12-27-29-22(31)21(30)28-17-7-8-18(25)19(26)11-17/h2-12H,1H3,(H,28,30)(H,29,31)/b27-12+. The minimum atomic E-state index is -1.01. The molecule has 0 saturated carbocycles. The Morgan fingerprint density at radius 2 is 1.67 bits per heavy atom. The van der Waals surface area contributed by atoms with Crippen molar-refractivity contribution in [3.8, 4) is 5.75 Å². The van der Waals surface area contributed by atoms with Crippen LogP contribution in [-0.4, -0.2) is 24.0 Å². The molecule has 10 heteroatoms. The molecule has 0 heterocycles. The summed E-state index contributed by atoms with van der Waals surface area (Å²) in [6, 6.07) is 16.2. The lowest BCUT2D eigenvalue weighted by Crippen LogP contribution is -2.32. The largest absolute Gasteiger partial charge is 0.422 e. The molecule has 0 atom stereocenters. The Hall–Kier alpha value is -3.20. The van der Waals surface area contributed by atoms with Crippen LogP contribution in [0.3, 0.4) is 0 Å². The number of hydrogen-bond donors (Lipinski definition) is 2. The predicted molar refractivity (Wildman–Crippen MR) is 131 cm³/mol. The zero-order chi connectivity index (χ0) is 24.0. The van der Waals surface area contributed by atoms with Crippen molar-refractivity contribution in [2.45, 2.75) is 6.92 Å². The number of rotatable bonds is 5. The summed E-state index contributed by atoms with van der Waals surface area (Å²) in [5.41, 5.74) is 4.22. The van der Waals surface area contributed by atoms with Crippen LogP contribution in [0.15, 0.2) is 70.2 Å². The highest BCUT2D eigenvalue weighted by Gasteiger charge is 2.14. The molecule has 2 N–H and O–H groups in total. The molecule has 0 fully saturated rings. The number of aryl methyl sites for hydroxylation is 1. The Labute approximate surface area is 207 Å². The molecule has 0 aromatic heterocycles. The Morgan fingerprint density at radius 1 is 0.939 bits per heavy atom. The van der Waals surface area contributed by atoms with E-state index in [1.54, 1.807) is 42.5 Å². The van der Waals surface area contributed by atoms with Crippen molar-refractivity contribution in [1.82, 2.24) is 5.43 Å². The molecule has 3 rings (SSSR count). The second-order valence-electron chi connectivity index (χ2n) is 6.72. The first-order valence-corrected chi connectivity index (χ1v) is 11.0. The number of halogens is 3. The number of nitrogens with zero attached hydrogens (tertiary/aromatic N) is 1. The van der Waals surface area contributed by atoms with Crippen molar-refractivity contribution in [3.05, 3.63) is 91.9 Å². The van der Waals surface area contributed by atoms with E-state index in [2.05, 4.69) is 31.8 Å². The first kappa shape index (κ1) is 24.4. The summed E-state index contributed by atoms with van der Waals surface area (Å²) in [5, 5.41) is 6.71. The lowest BCUT2D eigenvalue weighted by atomic mass is 10.1. The van der Waals surface area contributed by atoms with E-state index in [1.165, 1.54) is 24.4 Å². The van der Waals surface area contributed by atoms with E-state index in [9.17, 15) is 14.4 Å². The zero-order valence-corrected chi connectivity index (χ0v) is 20.2. The topological polar surface area (TPSA) is 96.9 Å². The van der Waals surface area contributed by atoms with Crippen LogP contribution >= 0.6 is 39.1 Å². The fourth-order valence-electron chi connectivity index (χ4n) is 2.53. The number of nitrogens with one attached hydrogen (secondary N) is 2. The first-order chi connectivity index (χ1) is 15.7. The second-order valence-corrected chi connectivity index (χ2v) is 8.45. The maximum absolute atomic E-state index is 12.4. The number of amides is 2. The van der Waals surface area contributed by atoms with E-state index in [0.717, 1.165) is 5.56 Å². The zero-order valence-electron chi connectivity index (χ0n) is 17.1. The molecule has 2 amide bonds. The summed E-state index contributed by atoms with van der Waals surface area (Å²) < 4.78 is 6.16. The van der Waals surface area contributed by atoms with Crippen LogP contribution in [0, 0.1) is 6.92 Å². The van der Waals surface area contributed by atoms with Crippen LogP contribution in [0.2, 0.25) is 10.0 Å². The van der Waals surface area contributed by atoms with Gasteiger partial charge in [0, 0.05) is 15.7 Å². The van der Waals surface area contributed by atoms with Gasteiger partial charge in [0.15, 0.2) is 0 Å². The second kappa shape index (κ2) is 11.1. The van der Waals surface area contributed by atoms with Gasteiger partial charge >= 0.3 is 17.8 Å². The minimum Gasteiger partial charge on any atom is -0.422 e. The Kier molecular flexibility index (Phi) is 8.21. The van der Waals surface area contributed by atoms with E-state index in [-0.39, 0.29) is 10.8 Å². The molecule has 0 saturated heterocycles. The van der Waals surface area contributed by atoms with Gasteiger partial charge in [-0.05, 0) is 55.5 Å². The Morgan fingerprint density at radius 3 is 2.36 bits per heavy atom. The van der Waals surface area contributed by atoms with E-state index >= 15 is 0 Å². The van der Waals surface area contributed by atoms with Gasteiger partial charge in [0.1, 0.15) is 5.75 Å². The Bertz CT molecular complexity index is 1250. The summed E-state index contributed by atoms with van der Waals surface area (Å²) in [6.45, 7) is 1.91. The highest BCUT2D eigenvalue weighted by Crippen LogP contribution is 2.25. The number of anilines is 1. The van der Waals surface area contributed by atoms with Crippen LogP contribution in [0.25, 0.3) is 0 Å². The summed E-state index contributed by atoms with van der Waals surface area (Å²) in [5.74, 6) is -2.28. The molecular weight excluding hydrogens is 533 g/mol. The molecule has 33 heavy (non-hydrogen) atoms. The number of benzene rings is 3. The van der Waals surface area contributed by atoms with E-state index < -0.39 is 17.8 Å². The molecule has 7 nitrogen and oxygen atoms in total. The number of carbonyl (C=O) groups is 3. The van der Waals surface area contributed by atoms with Gasteiger partial charge in [0.05, 0.1) is 21.8 Å². The molecule has 3 aromatic carbocycles. The summed E-state index contributed by atoms with van der Waals surface area (Å²) >= 11 is 15.0. The van der Waals surface area contributed by atoms with Gasteiger partial charge in [-0.1, -0.05) is 56.8 Å². The molecule has 0 spiro atoms. The van der Waals surface area contributed by atoms with Gasteiger partial charge in [0.2, 0.25) is 0 Å². The van der Waals surface area contributed by atoms with Crippen LogP contribution in [0.5, 0.6) is 5.75 Å². The molecule has 0 aliphatic heterocycles. The number of hydrogen-bond acceptors (Lipinski definition) is 5. The molecule has 0 aliphatic rings. The monoisotopic (exact) mass is 547 g/mol. The fourth-order valence-corrected chi connectivity index (χ4v) is 3.21. The molecular formula is C23H16BrCl2N3O4. The smallest absolute Gasteiger partial charge is 0.343 e. The van der Waals surface area contributed by atoms with Crippen molar-refractivity contribution >= 4 is 68.8 Å². The normalized spacial score (nSPS) is 10.7. The lowest BCUT2D eigenvalue weighted by Gasteiger charge is -2.08. The van der Waals surface area contributed by atoms with Crippen molar-refractivity contribution in [2.24, 2.45) is 5.10 Å². The van der Waals surface area contributed by atoms with E-state index in [1.807, 2.05) is 6.92 Å². The molecule has 0 radical (unpaired) electrons. The van der Waals surface area contributed by atoms with Crippen LogP contribution in [0.1, 0.15) is 21.5 Å². The van der Waals surface area contributed by atoms with Gasteiger partial charge < -0.3 is 10.1 Å². The maximum Gasteiger partial charge on any atom is 0.343 e. The van der Waals surface area contributed by atoms with Gasteiger partial charge in [-0.25, -0.2) is 10.2 Å². The summed E-state index contributed by atoms with van der Waals surface area (Å²) in [7, 11) is 0. The summed E-state index contributed by atoms with van der Waals surface area (Å²) in [4.78, 5) is 36.5. The van der Waals surface area contributed by atoms with E-state index in [4.69, 9.17) is 27.9 Å². The molecule has 0 unspecified atom stereocenters. The third kappa shape index (κ3) is 6.89. The van der Waals surface area contributed by atoms with Gasteiger partial charge in [0.25, 0.3) is 0 Å². The van der Waals surface area contributed by atoms with Gasteiger partial charge in [-0.2, -0.15) is 5.10 Å². The highest BCUT2D eigenvalue weighted by molar-refractivity contribution is 9.10.